The molecule has 0 saturated heterocycles. The number of fused-ring (bicyclic) bond motifs is 1. The quantitative estimate of drug-likeness (QED) is 0.373. The summed E-state index contributed by atoms with van der Waals surface area (Å²) in [6.45, 7) is 0. The molecule has 0 amide bonds. The summed E-state index contributed by atoms with van der Waals surface area (Å²) in [5.74, 6) is -0.212. The maximum atomic E-state index is 13.9. The van der Waals surface area contributed by atoms with Gasteiger partial charge in [0.1, 0.15) is 5.82 Å². The van der Waals surface area contributed by atoms with Crippen molar-refractivity contribution in [3.63, 3.8) is 0 Å². The fourth-order valence-electron chi connectivity index (χ4n) is 2.35. The summed E-state index contributed by atoms with van der Waals surface area (Å²) in [5.41, 5.74) is 1.99. The lowest BCUT2D eigenvalue weighted by molar-refractivity contribution is 0.639. The smallest absolute Gasteiger partial charge is 0.131 e. The molecule has 0 aliphatic heterocycles. The minimum Gasteiger partial charge on any atom is -0.206 e. The lowest BCUT2D eigenvalue weighted by Crippen LogP contribution is -1.98. The monoisotopic (exact) mass is 396 g/mol. The van der Waals surface area contributed by atoms with Crippen LogP contribution in [0.4, 0.5) is 4.39 Å². The lowest BCUT2D eigenvalue weighted by Gasteiger charge is -2.15. The molecule has 0 saturated carbocycles. The maximum Gasteiger partial charge on any atom is 0.131 e. The Hall–Kier alpha value is -1.13. The third-order valence-electron chi connectivity index (χ3n) is 3.36. The molecule has 0 spiro atoms. The van der Waals surface area contributed by atoms with Gasteiger partial charge in [0, 0.05) is 8.96 Å². The van der Waals surface area contributed by atoms with Crippen molar-refractivity contribution in [2.75, 3.05) is 0 Å². The summed E-state index contributed by atoms with van der Waals surface area (Å²) in [5, 5.41) is 1.20. The first kappa shape index (κ1) is 13.8. The van der Waals surface area contributed by atoms with E-state index in [1.165, 1.54) is 6.07 Å². The van der Waals surface area contributed by atoms with E-state index in [1.54, 1.807) is 12.1 Å². The molecule has 0 fully saturated rings. The molecule has 0 N–H and O–H groups in total. The van der Waals surface area contributed by atoms with E-state index >= 15 is 0 Å². The fraction of sp³-hybridized carbons (Fsp3) is 0.0588. The van der Waals surface area contributed by atoms with Crippen LogP contribution in [0.25, 0.3) is 10.8 Å². The van der Waals surface area contributed by atoms with Crippen LogP contribution in [0.1, 0.15) is 16.5 Å². The molecule has 100 valence electrons. The van der Waals surface area contributed by atoms with Crippen LogP contribution >= 0.6 is 34.2 Å². The molecule has 3 aromatic rings. The van der Waals surface area contributed by atoms with Gasteiger partial charge in [0.2, 0.25) is 0 Å². The molecule has 0 aliphatic rings. The largest absolute Gasteiger partial charge is 0.206 e. The van der Waals surface area contributed by atoms with Crippen molar-refractivity contribution in [2.24, 2.45) is 0 Å². The molecule has 0 radical (unpaired) electrons. The lowest BCUT2D eigenvalue weighted by atomic mass is 9.98. The van der Waals surface area contributed by atoms with Crippen molar-refractivity contribution in [3.05, 3.63) is 81.2 Å². The zero-order valence-electron chi connectivity index (χ0n) is 10.5. The molecule has 0 aromatic heterocycles. The van der Waals surface area contributed by atoms with Gasteiger partial charge < -0.3 is 0 Å². The molecule has 3 aromatic carbocycles. The van der Waals surface area contributed by atoms with Crippen LogP contribution in [0.2, 0.25) is 0 Å². The Morgan fingerprint density at radius 1 is 0.800 bits per heavy atom. The standard InChI is InChI=1S/C17H11ClFI/c18-17(14-7-3-4-8-16(14)20)13-9-10-15(19)12-6-2-1-5-11(12)13/h1-10,17H. The van der Waals surface area contributed by atoms with Gasteiger partial charge in [-0.2, -0.15) is 0 Å². The molecular formula is C17H11ClFI. The highest BCUT2D eigenvalue weighted by Crippen LogP contribution is 2.36. The summed E-state index contributed by atoms with van der Waals surface area (Å²) in [4.78, 5) is 0. The molecule has 1 atom stereocenters. The number of benzene rings is 3. The van der Waals surface area contributed by atoms with Crippen LogP contribution in [0.5, 0.6) is 0 Å². The molecule has 0 nitrogen and oxygen atoms in total. The van der Waals surface area contributed by atoms with Crippen LogP contribution in [0.15, 0.2) is 60.7 Å². The Labute approximate surface area is 135 Å². The summed E-state index contributed by atoms with van der Waals surface area (Å²) in [6, 6.07) is 18.7. The van der Waals surface area contributed by atoms with Gasteiger partial charge in [-0.3, -0.25) is 0 Å². The second kappa shape index (κ2) is 5.70. The molecule has 0 heterocycles. The van der Waals surface area contributed by atoms with Gasteiger partial charge in [0.05, 0.1) is 5.38 Å². The Balaban J connectivity index is 2.20. The van der Waals surface area contributed by atoms with Gasteiger partial charge in [-0.1, -0.05) is 48.5 Å². The minimum absolute atomic E-state index is 0.212. The Kier molecular flexibility index (Phi) is 3.94. The van der Waals surface area contributed by atoms with Crippen LogP contribution in [-0.4, -0.2) is 0 Å². The van der Waals surface area contributed by atoms with Gasteiger partial charge in [-0.25, -0.2) is 4.39 Å². The molecule has 1 unspecified atom stereocenters. The zero-order chi connectivity index (χ0) is 14.1. The average molecular weight is 397 g/mol. The number of hydrogen-bond acceptors (Lipinski definition) is 0. The van der Waals surface area contributed by atoms with Crippen molar-refractivity contribution in [3.8, 4) is 0 Å². The Morgan fingerprint density at radius 2 is 1.45 bits per heavy atom. The highest BCUT2D eigenvalue weighted by atomic mass is 127. The second-order valence-corrected chi connectivity index (χ2v) is 6.16. The highest BCUT2D eigenvalue weighted by Gasteiger charge is 2.17. The third kappa shape index (κ3) is 2.42. The molecule has 0 aliphatic carbocycles. The zero-order valence-corrected chi connectivity index (χ0v) is 13.4. The van der Waals surface area contributed by atoms with E-state index < -0.39 is 0 Å². The first-order valence-electron chi connectivity index (χ1n) is 6.24. The van der Waals surface area contributed by atoms with Crippen molar-refractivity contribution in [1.82, 2.24) is 0 Å². The van der Waals surface area contributed by atoms with Gasteiger partial charge >= 0.3 is 0 Å². The summed E-state index contributed by atoms with van der Waals surface area (Å²) in [6.07, 6.45) is 0. The van der Waals surface area contributed by atoms with Crippen molar-refractivity contribution in [1.29, 1.82) is 0 Å². The topological polar surface area (TPSA) is 0 Å². The second-order valence-electron chi connectivity index (χ2n) is 4.57. The number of hydrogen-bond donors (Lipinski definition) is 0. The van der Waals surface area contributed by atoms with Crippen molar-refractivity contribution >= 4 is 45.0 Å². The maximum absolute atomic E-state index is 13.9. The van der Waals surface area contributed by atoms with Crippen LogP contribution in [0, 0.1) is 9.39 Å². The SMILES string of the molecule is Fc1ccc(C(Cl)c2ccccc2I)c2ccccc12. The number of halogens is 3. The van der Waals surface area contributed by atoms with E-state index in [4.69, 9.17) is 11.6 Å². The average Bonchev–Trinajstić information content (AvgIpc) is 2.48. The summed E-state index contributed by atoms with van der Waals surface area (Å²) in [7, 11) is 0. The molecular weight excluding hydrogens is 386 g/mol. The van der Waals surface area contributed by atoms with Crippen molar-refractivity contribution in [2.45, 2.75) is 5.38 Å². The summed E-state index contributed by atoms with van der Waals surface area (Å²) < 4.78 is 15.0. The molecule has 0 bridgehead atoms. The predicted octanol–water partition coefficient (Wildman–Crippen LogP) is 5.91. The normalized spacial score (nSPS) is 12.6. The van der Waals surface area contributed by atoms with E-state index in [9.17, 15) is 4.39 Å². The van der Waals surface area contributed by atoms with E-state index in [2.05, 4.69) is 22.6 Å². The first-order chi connectivity index (χ1) is 9.68. The van der Waals surface area contributed by atoms with Crippen LogP contribution in [0.3, 0.4) is 0 Å². The van der Waals surface area contributed by atoms with Gasteiger partial charge in [0.15, 0.2) is 0 Å². The van der Waals surface area contributed by atoms with E-state index in [1.807, 2.05) is 42.5 Å². The number of alkyl halides is 1. The predicted molar refractivity (Wildman–Crippen MR) is 90.8 cm³/mol. The Morgan fingerprint density at radius 3 is 2.20 bits per heavy atom. The van der Waals surface area contributed by atoms with E-state index in [0.717, 1.165) is 20.1 Å². The van der Waals surface area contributed by atoms with Gasteiger partial charge in [-0.05, 0) is 51.2 Å². The Bertz CT molecular complexity index is 770. The van der Waals surface area contributed by atoms with Crippen LogP contribution < -0.4 is 0 Å². The van der Waals surface area contributed by atoms with Crippen LogP contribution in [-0.2, 0) is 0 Å². The summed E-state index contributed by atoms with van der Waals surface area (Å²) >= 11 is 8.92. The molecule has 20 heavy (non-hydrogen) atoms. The highest BCUT2D eigenvalue weighted by molar-refractivity contribution is 14.1. The molecule has 3 rings (SSSR count). The minimum atomic E-state index is -0.284. The van der Waals surface area contributed by atoms with Gasteiger partial charge in [-0.15, -0.1) is 11.6 Å². The first-order valence-corrected chi connectivity index (χ1v) is 7.75. The van der Waals surface area contributed by atoms with Gasteiger partial charge in [0.25, 0.3) is 0 Å². The van der Waals surface area contributed by atoms with Crippen molar-refractivity contribution < 1.29 is 4.39 Å². The number of rotatable bonds is 2. The molecule has 3 heteroatoms. The fourth-order valence-corrected chi connectivity index (χ4v) is 3.62. The van der Waals surface area contributed by atoms with E-state index in [0.29, 0.717) is 5.39 Å². The van der Waals surface area contributed by atoms with E-state index in [-0.39, 0.29) is 11.2 Å². The third-order valence-corrected chi connectivity index (χ3v) is 4.81.